The average Bonchev–Trinajstić information content (AvgIpc) is 2.76. The molecule has 1 aromatic carbocycles. The third-order valence-corrected chi connectivity index (χ3v) is 4.67. The molecule has 2 bridgehead atoms. The summed E-state index contributed by atoms with van der Waals surface area (Å²) in [7, 11) is 1.80. The first-order valence-corrected chi connectivity index (χ1v) is 7.34. The zero-order valence-electron chi connectivity index (χ0n) is 12.0. The normalized spacial score (nSPS) is 28.4. The zero-order valence-corrected chi connectivity index (χ0v) is 12.0. The molecule has 2 saturated heterocycles. The molecule has 0 aliphatic carbocycles. The molecule has 3 nitrogen and oxygen atoms in total. The van der Waals surface area contributed by atoms with Gasteiger partial charge in [-0.05, 0) is 50.3 Å². The third kappa shape index (κ3) is 2.44. The molecule has 2 unspecified atom stereocenters. The summed E-state index contributed by atoms with van der Waals surface area (Å²) in [6, 6.07) is 6.08. The van der Waals surface area contributed by atoms with Crippen LogP contribution >= 0.6 is 0 Å². The van der Waals surface area contributed by atoms with Crippen LogP contribution in [0.3, 0.4) is 0 Å². The first-order chi connectivity index (χ1) is 9.54. The van der Waals surface area contributed by atoms with Crippen LogP contribution in [0, 0.1) is 12.7 Å². The van der Waals surface area contributed by atoms with Gasteiger partial charge in [-0.3, -0.25) is 4.79 Å². The lowest BCUT2D eigenvalue weighted by molar-refractivity contribution is 0.0677. The summed E-state index contributed by atoms with van der Waals surface area (Å²) in [6.07, 6.45) is 4.35. The van der Waals surface area contributed by atoms with Gasteiger partial charge in [-0.1, -0.05) is 6.07 Å². The van der Waals surface area contributed by atoms with Crippen molar-refractivity contribution in [1.82, 2.24) is 10.2 Å². The standard InChI is InChI=1S/C16H21FN2O/c1-10-3-6-14(15(17)7-10)16(20)19(2)13-8-11-4-5-12(9-13)18-11/h3,6-7,11-13,18H,4-5,8-9H2,1-2H3. The van der Waals surface area contributed by atoms with Gasteiger partial charge in [0.15, 0.2) is 0 Å². The maximum atomic E-state index is 13.9. The van der Waals surface area contributed by atoms with E-state index in [1.165, 1.54) is 18.9 Å². The van der Waals surface area contributed by atoms with E-state index in [1.54, 1.807) is 24.1 Å². The fraction of sp³-hybridized carbons (Fsp3) is 0.562. The van der Waals surface area contributed by atoms with Gasteiger partial charge in [0.25, 0.3) is 5.91 Å². The summed E-state index contributed by atoms with van der Waals surface area (Å²) in [6.45, 7) is 1.82. The van der Waals surface area contributed by atoms with Crippen LogP contribution in [-0.2, 0) is 0 Å². The molecular weight excluding hydrogens is 255 g/mol. The highest BCUT2D eigenvalue weighted by Crippen LogP contribution is 2.30. The predicted molar refractivity (Wildman–Crippen MR) is 76.2 cm³/mol. The number of fused-ring (bicyclic) bond motifs is 2. The minimum atomic E-state index is -0.418. The molecule has 108 valence electrons. The average molecular weight is 276 g/mol. The number of rotatable bonds is 2. The van der Waals surface area contributed by atoms with Gasteiger partial charge in [0.1, 0.15) is 5.82 Å². The molecule has 0 saturated carbocycles. The van der Waals surface area contributed by atoms with Crippen LogP contribution in [0.4, 0.5) is 4.39 Å². The number of benzene rings is 1. The zero-order chi connectivity index (χ0) is 14.3. The van der Waals surface area contributed by atoms with Crippen molar-refractivity contribution < 1.29 is 9.18 Å². The first kappa shape index (κ1) is 13.6. The van der Waals surface area contributed by atoms with Gasteiger partial charge in [0.2, 0.25) is 0 Å². The van der Waals surface area contributed by atoms with E-state index >= 15 is 0 Å². The number of amides is 1. The highest BCUT2D eigenvalue weighted by molar-refractivity contribution is 5.94. The number of carbonyl (C=O) groups is 1. The number of nitrogens with zero attached hydrogens (tertiary/aromatic N) is 1. The van der Waals surface area contributed by atoms with Crippen LogP contribution in [0.1, 0.15) is 41.6 Å². The largest absolute Gasteiger partial charge is 0.339 e. The highest BCUT2D eigenvalue weighted by atomic mass is 19.1. The second-order valence-corrected chi connectivity index (χ2v) is 6.16. The molecule has 0 aromatic heterocycles. The molecule has 2 atom stereocenters. The van der Waals surface area contributed by atoms with Crippen LogP contribution in [0.15, 0.2) is 18.2 Å². The summed E-state index contributed by atoms with van der Waals surface area (Å²) in [5.74, 6) is -0.618. The van der Waals surface area contributed by atoms with Gasteiger partial charge >= 0.3 is 0 Å². The van der Waals surface area contributed by atoms with Gasteiger partial charge in [-0.2, -0.15) is 0 Å². The fourth-order valence-electron chi connectivity index (χ4n) is 3.49. The van der Waals surface area contributed by atoms with Crippen LogP contribution in [0.2, 0.25) is 0 Å². The van der Waals surface area contributed by atoms with Crippen molar-refractivity contribution >= 4 is 5.91 Å². The minimum Gasteiger partial charge on any atom is -0.339 e. The molecule has 2 aliphatic heterocycles. The summed E-state index contributed by atoms with van der Waals surface area (Å²) in [4.78, 5) is 14.2. The minimum absolute atomic E-state index is 0.184. The van der Waals surface area contributed by atoms with Crippen LogP contribution in [-0.4, -0.2) is 36.0 Å². The topological polar surface area (TPSA) is 32.3 Å². The molecular formula is C16H21FN2O. The number of piperidine rings is 1. The smallest absolute Gasteiger partial charge is 0.256 e. The lowest BCUT2D eigenvalue weighted by Crippen LogP contribution is -2.48. The molecule has 1 aromatic rings. The van der Waals surface area contributed by atoms with Gasteiger partial charge in [0.05, 0.1) is 5.56 Å². The maximum Gasteiger partial charge on any atom is 0.256 e. The van der Waals surface area contributed by atoms with Crippen molar-refractivity contribution in [2.75, 3.05) is 7.05 Å². The Labute approximate surface area is 119 Å². The Morgan fingerprint density at radius 1 is 1.30 bits per heavy atom. The molecule has 2 fully saturated rings. The summed E-state index contributed by atoms with van der Waals surface area (Å²) in [5, 5.41) is 3.56. The molecule has 1 amide bonds. The van der Waals surface area contributed by atoms with E-state index in [9.17, 15) is 9.18 Å². The highest BCUT2D eigenvalue weighted by Gasteiger charge is 2.36. The van der Waals surface area contributed by atoms with Crippen LogP contribution in [0.25, 0.3) is 0 Å². The molecule has 3 rings (SSSR count). The molecule has 20 heavy (non-hydrogen) atoms. The van der Waals surface area contributed by atoms with E-state index in [1.807, 2.05) is 6.92 Å². The van der Waals surface area contributed by atoms with Gasteiger partial charge in [0, 0.05) is 25.2 Å². The quantitative estimate of drug-likeness (QED) is 0.900. The number of aryl methyl sites for hydroxylation is 1. The molecule has 2 aliphatic rings. The Balaban J connectivity index is 1.76. The number of nitrogens with one attached hydrogen (secondary N) is 1. The second-order valence-electron chi connectivity index (χ2n) is 6.16. The van der Waals surface area contributed by atoms with Crippen molar-refractivity contribution in [2.45, 2.75) is 50.7 Å². The van der Waals surface area contributed by atoms with E-state index in [4.69, 9.17) is 0 Å². The van der Waals surface area contributed by atoms with Crippen molar-refractivity contribution in [3.63, 3.8) is 0 Å². The van der Waals surface area contributed by atoms with Crippen molar-refractivity contribution in [3.05, 3.63) is 35.1 Å². The summed E-state index contributed by atoms with van der Waals surface area (Å²) >= 11 is 0. The van der Waals surface area contributed by atoms with E-state index in [-0.39, 0.29) is 17.5 Å². The van der Waals surface area contributed by atoms with Crippen LogP contribution in [0.5, 0.6) is 0 Å². The maximum absolute atomic E-state index is 13.9. The molecule has 4 heteroatoms. The van der Waals surface area contributed by atoms with E-state index in [2.05, 4.69) is 5.32 Å². The lowest BCUT2D eigenvalue weighted by atomic mass is 9.97. The Morgan fingerprint density at radius 3 is 2.55 bits per heavy atom. The molecule has 0 spiro atoms. The Kier molecular flexibility index (Phi) is 3.50. The SMILES string of the molecule is Cc1ccc(C(=O)N(C)C2CC3CCC(C2)N3)c(F)c1. The van der Waals surface area contributed by atoms with E-state index < -0.39 is 5.82 Å². The van der Waals surface area contributed by atoms with Gasteiger partial charge in [-0.15, -0.1) is 0 Å². The van der Waals surface area contributed by atoms with Crippen molar-refractivity contribution in [2.24, 2.45) is 0 Å². The van der Waals surface area contributed by atoms with Crippen LogP contribution < -0.4 is 5.32 Å². The number of hydrogen-bond donors (Lipinski definition) is 1. The fourth-order valence-corrected chi connectivity index (χ4v) is 3.49. The Morgan fingerprint density at radius 2 is 1.95 bits per heavy atom. The number of halogens is 1. The molecule has 0 radical (unpaired) electrons. The van der Waals surface area contributed by atoms with Crippen molar-refractivity contribution in [3.8, 4) is 0 Å². The molecule has 2 heterocycles. The molecule has 1 N–H and O–H groups in total. The number of hydrogen-bond acceptors (Lipinski definition) is 2. The van der Waals surface area contributed by atoms with Gasteiger partial charge in [-0.25, -0.2) is 4.39 Å². The second kappa shape index (κ2) is 5.17. The van der Waals surface area contributed by atoms with Gasteiger partial charge < -0.3 is 10.2 Å². The predicted octanol–water partition coefficient (Wildman–Crippen LogP) is 2.49. The lowest BCUT2D eigenvalue weighted by Gasteiger charge is -2.35. The Hall–Kier alpha value is -1.42. The number of carbonyl (C=O) groups excluding carboxylic acids is 1. The Bertz CT molecular complexity index is 519. The van der Waals surface area contributed by atoms with Crippen molar-refractivity contribution in [1.29, 1.82) is 0 Å². The van der Waals surface area contributed by atoms with E-state index in [0.29, 0.717) is 12.1 Å². The first-order valence-electron chi connectivity index (χ1n) is 7.34. The monoisotopic (exact) mass is 276 g/mol. The van der Waals surface area contributed by atoms with E-state index in [0.717, 1.165) is 18.4 Å². The third-order valence-electron chi connectivity index (χ3n) is 4.67. The summed E-state index contributed by atoms with van der Waals surface area (Å²) < 4.78 is 13.9. The summed E-state index contributed by atoms with van der Waals surface area (Å²) in [5.41, 5.74) is 1.02.